The molecule has 1 fully saturated rings. The van der Waals surface area contributed by atoms with Crippen molar-refractivity contribution >= 4 is 17.6 Å². The van der Waals surface area contributed by atoms with Crippen molar-refractivity contribution in [2.45, 2.75) is 37.8 Å². The molecule has 0 radical (unpaired) electrons. The Bertz CT molecular complexity index is 547. The first kappa shape index (κ1) is 13.0. The summed E-state index contributed by atoms with van der Waals surface area (Å²) in [5, 5.41) is 12.6. The van der Waals surface area contributed by atoms with Crippen molar-refractivity contribution in [3.8, 4) is 0 Å². The fourth-order valence-electron chi connectivity index (χ4n) is 3.17. The van der Waals surface area contributed by atoms with Gasteiger partial charge in [0.25, 0.3) is 0 Å². The van der Waals surface area contributed by atoms with E-state index in [-0.39, 0.29) is 11.9 Å². The van der Waals surface area contributed by atoms with Gasteiger partial charge in [-0.25, -0.2) is 4.79 Å². The highest BCUT2D eigenvalue weighted by molar-refractivity contribution is 5.93. The Kier molecular flexibility index (Phi) is 2.92. The molecule has 1 aromatic carbocycles. The summed E-state index contributed by atoms with van der Waals surface area (Å²) in [4.78, 5) is 25.6. The molecule has 1 saturated heterocycles. The van der Waals surface area contributed by atoms with E-state index in [4.69, 9.17) is 0 Å². The molecule has 5 heteroatoms. The van der Waals surface area contributed by atoms with Crippen LogP contribution in [-0.2, 0) is 16.0 Å². The summed E-state index contributed by atoms with van der Waals surface area (Å²) >= 11 is 0. The van der Waals surface area contributed by atoms with E-state index in [9.17, 15) is 14.7 Å². The van der Waals surface area contributed by atoms with Crippen LogP contribution in [0.2, 0.25) is 0 Å². The molecule has 1 amide bonds. The molecule has 2 aliphatic heterocycles. The van der Waals surface area contributed by atoms with Crippen LogP contribution in [0.15, 0.2) is 24.3 Å². The molecule has 1 unspecified atom stereocenters. The molecule has 106 valence electrons. The van der Waals surface area contributed by atoms with Crippen LogP contribution in [0, 0.1) is 0 Å². The maximum Gasteiger partial charge on any atom is 0.329 e. The number of fused-ring (bicyclic) bond motifs is 1. The lowest BCUT2D eigenvalue weighted by Crippen LogP contribution is -2.54. The second-order valence-electron chi connectivity index (χ2n) is 5.73. The zero-order valence-corrected chi connectivity index (χ0v) is 11.4. The van der Waals surface area contributed by atoms with Crippen molar-refractivity contribution < 1.29 is 14.7 Å². The van der Waals surface area contributed by atoms with Crippen LogP contribution in [0.3, 0.4) is 0 Å². The minimum absolute atomic E-state index is 0.108. The molecule has 3 rings (SSSR count). The highest BCUT2D eigenvalue weighted by Gasteiger charge is 2.47. The molecule has 2 aliphatic rings. The smallest absolute Gasteiger partial charge is 0.329 e. The molecule has 2 atom stereocenters. The van der Waals surface area contributed by atoms with Crippen LogP contribution in [-0.4, -0.2) is 40.0 Å². The normalized spacial score (nSPS) is 28.1. The zero-order chi connectivity index (χ0) is 14.3. The summed E-state index contributed by atoms with van der Waals surface area (Å²) in [7, 11) is 0. The number of carboxylic acids is 1. The summed E-state index contributed by atoms with van der Waals surface area (Å²) in [5.74, 6) is -1.03. The molecule has 0 aromatic heterocycles. The number of likely N-dealkylation sites (tertiary alicyclic amines) is 1. The van der Waals surface area contributed by atoms with Gasteiger partial charge in [-0.15, -0.1) is 0 Å². The number of amides is 1. The first-order valence-electron chi connectivity index (χ1n) is 6.92. The molecule has 0 bridgehead atoms. The Hall–Kier alpha value is -2.04. The number of carbonyl (C=O) groups is 2. The van der Waals surface area contributed by atoms with E-state index in [0.717, 1.165) is 17.7 Å². The Labute approximate surface area is 117 Å². The van der Waals surface area contributed by atoms with Gasteiger partial charge in [0.15, 0.2) is 0 Å². The van der Waals surface area contributed by atoms with Gasteiger partial charge in [0.2, 0.25) is 5.91 Å². The molecular formula is C15H18N2O3. The number of anilines is 1. The fraction of sp³-hybridized carbons (Fsp3) is 0.467. The van der Waals surface area contributed by atoms with Crippen LogP contribution < -0.4 is 5.32 Å². The molecule has 0 spiro atoms. The van der Waals surface area contributed by atoms with Crippen molar-refractivity contribution in [1.82, 2.24) is 4.90 Å². The van der Waals surface area contributed by atoms with Gasteiger partial charge in [0.1, 0.15) is 11.6 Å². The van der Waals surface area contributed by atoms with Crippen LogP contribution >= 0.6 is 0 Å². The van der Waals surface area contributed by atoms with Gasteiger partial charge in [-0.2, -0.15) is 0 Å². The molecular weight excluding hydrogens is 256 g/mol. The van der Waals surface area contributed by atoms with Gasteiger partial charge < -0.3 is 15.3 Å². The highest BCUT2D eigenvalue weighted by atomic mass is 16.4. The summed E-state index contributed by atoms with van der Waals surface area (Å²) in [6.45, 7) is 2.17. The van der Waals surface area contributed by atoms with E-state index in [0.29, 0.717) is 19.4 Å². The Morgan fingerprint density at radius 1 is 1.40 bits per heavy atom. The van der Waals surface area contributed by atoms with E-state index in [2.05, 4.69) is 5.32 Å². The maximum absolute atomic E-state index is 12.6. The molecule has 5 nitrogen and oxygen atoms in total. The molecule has 20 heavy (non-hydrogen) atoms. The molecule has 1 aromatic rings. The Morgan fingerprint density at radius 3 is 2.85 bits per heavy atom. The first-order chi connectivity index (χ1) is 9.52. The third-order valence-electron chi connectivity index (χ3n) is 4.44. The number of rotatable bonds is 2. The predicted molar refractivity (Wildman–Crippen MR) is 74.5 cm³/mol. The second-order valence-corrected chi connectivity index (χ2v) is 5.73. The quantitative estimate of drug-likeness (QED) is 0.857. The number of benzene rings is 1. The number of carbonyl (C=O) groups excluding carboxylic acids is 1. The van der Waals surface area contributed by atoms with Crippen molar-refractivity contribution in [2.75, 3.05) is 11.9 Å². The van der Waals surface area contributed by atoms with Gasteiger partial charge in [0, 0.05) is 18.7 Å². The number of para-hydroxylation sites is 1. The van der Waals surface area contributed by atoms with Crippen LogP contribution in [0.5, 0.6) is 0 Å². The number of aliphatic carboxylic acids is 1. The maximum atomic E-state index is 12.6. The number of hydrogen-bond donors (Lipinski definition) is 2. The number of carboxylic acid groups (broad SMARTS) is 1. The number of hydrogen-bond acceptors (Lipinski definition) is 3. The van der Waals surface area contributed by atoms with Gasteiger partial charge in [-0.05, 0) is 31.4 Å². The average molecular weight is 274 g/mol. The predicted octanol–water partition coefficient (Wildman–Crippen LogP) is 1.49. The van der Waals surface area contributed by atoms with E-state index in [1.54, 1.807) is 6.92 Å². The molecule has 2 heterocycles. The minimum Gasteiger partial charge on any atom is -0.480 e. The summed E-state index contributed by atoms with van der Waals surface area (Å²) < 4.78 is 0. The average Bonchev–Trinajstić information content (AvgIpc) is 3.02. The minimum atomic E-state index is -1.06. The third kappa shape index (κ3) is 1.85. The summed E-state index contributed by atoms with van der Waals surface area (Å²) in [6, 6.07) is 7.48. The lowest BCUT2D eigenvalue weighted by atomic mass is 9.98. The summed E-state index contributed by atoms with van der Waals surface area (Å²) in [5.41, 5.74) is 1.03. The number of nitrogens with zero attached hydrogens (tertiary/aromatic N) is 1. The van der Waals surface area contributed by atoms with Crippen LogP contribution in [0.1, 0.15) is 25.3 Å². The third-order valence-corrected chi connectivity index (χ3v) is 4.44. The highest BCUT2D eigenvalue weighted by Crippen LogP contribution is 2.33. The van der Waals surface area contributed by atoms with Crippen LogP contribution in [0.4, 0.5) is 5.69 Å². The fourth-order valence-corrected chi connectivity index (χ4v) is 3.17. The van der Waals surface area contributed by atoms with Gasteiger partial charge in [0.05, 0.1) is 0 Å². The topological polar surface area (TPSA) is 69.6 Å². The van der Waals surface area contributed by atoms with Gasteiger partial charge >= 0.3 is 5.97 Å². The Morgan fingerprint density at radius 2 is 2.15 bits per heavy atom. The molecule has 2 N–H and O–H groups in total. The van der Waals surface area contributed by atoms with E-state index in [1.165, 1.54) is 4.90 Å². The van der Waals surface area contributed by atoms with Gasteiger partial charge in [-0.3, -0.25) is 4.79 Å². The molecule has 0 saturated carbocycles. The van der Waals surface area contributed by atoms with E-state index >= 15 is 0 Å². The van der Waals surface area contributed by atoms with Crippen molar-refractivity contribution in [3.05, 3.63) is 29.8 Å². The van der Waals surface area contributed by atoms with Crippen molar-refractivity contribution in [1.29, 1.82) is 0 Å². The molecule has 0 aliphatic carbocycles. The lowest BCUT2D eigenvalue weighted by molar-refractivity contribution is -0.155. The lowest BCUT2D eigenvalue weighted by Gasteiger charge is -2.33. The summed E-state index contributed by atoms with van der Waals surface area (Å²) in [6.07, 6.45) is 1.89. The monoisotopic (exact) mass is 274 g/mol. The largest absolute Gasteiger partial charge is 0.480 e. The second kappa shape index (κ2) is 4.51. The standard InChI is InChI=1S/C15H18N2O3/c1-15(14(19)20)7-4-8-17(15)13(18)12-9-10-5-2-3-6-11(10)16-12/h2-3,5-6,12,16H,4,7-9H2,1H3,(H,19,20)/t12-,15?/m0/s1. The Balaban J connectivity index is 1.80. The van der Waals surface area contributed by atoms with Crippen LogP contribution in [0.25, 0.3) is 0 Å². The number of nitrogens with one attached hydrogen (secondary N) is 1. The van der Waals surface area contributed by atoms with Crippen molar-refractivity contribution in [3.63, 3.8) is 0 Å². The van der Waals surface area contributed by atoms with E-state index in [1.807, 2.05) is 24.3 Å². The SMILES string of the molecule is CC1(C(=O)O)CCCN1C(=O)[C@@H]1Cc2ccccc2N1. The van der Waals surface area contributed by atoms with E-state index < -0.39 is 11.5 Å². The van der Waals surface area contributed by atoms with Gasteiger partial charge in [-0.1, -0.05) is 18.2 Å². The zero-order valence-electron chi connectivity index (χ0n) is 11.4. The first-order valence-corrected chi connectivity index (χ1v) is 6.92. The van der Waals surface area contributed by atoms with Crippen molar-refractivity contribution in [2.24, 2.45) is 0 Å².